The average Bonchev–Trinajstić information content (AvgIpc) is 3.28. The number of nitrogens with two attached hydrogens (primary N) is 1. The predicted molar refractivity (Wildman–Crippen MR) is 161 cm³/mol. The van der Waals surface area contributed by atoms with Crippen molar-refractivity contribution in [2.75, 3.05) is 33.2 Å². The summed E-state index contributed by atoms with van der Waals surface area (Å²) < 4.78 is 4.55. The molecule has 224 valence electrons. The van der Waals surface area contributed by atoms with E-state index in [1.54, 1.807) is 11.1 Å². The summed E-state index contributed by atoms with van der Waals surface area (Å²) in [6, 6.07) is 5.61. The minimum Gasteiger partial charge on any atom is -0.462 e. The van der Waals surface area contributed by atoms with Gasteiger partial charge in [0.1, 0.15) is 11.6 Å². The third kappa shape index (κ3) is 11.1. The van der Waals surface area contributed by atoms with Crippen molar-refractivity contribution < 1.29 is 19.1 Å². The van der Waals surface area contributed by atoms with Gasteiger partial charge in [0.25, 0.3) is 6.47 Å². The van der Waals surface area contributed by atoms with E-state index in [0.717, 1.165) is 48.7 Å². The first kappa shape index (κ1) is 33.6. The summed E-state index contributed by atoms with van der Waals surface area (Å²) in [6.45, 7) is 10.7. The highest BCUT2D eigenvalue weighted by molar-refractivity contribution is 6.35. The van der Waals surface area contributed by atoms with Gasteiger partial charge in [-0.25, -0.2) is 0 Å². The number of amides is 2. The smallest absolute Gasteiger partial charge is 0.293 e. The van der Waals surface area contributed by atoms with Crippen molar-refractivity contribution >= 4 is 40.8 Å². The molecular weight excluding hydrogens is 530 g/mol. The van der Waals surface area contributed by atoms with Gasteiger partial charge < -0.3 is 30.6 Å². The van der Waals surface area contributed by atoms with Crippen molar-refractivity contribution in [3.8, 4) is 0 Å². The number of H-pyrrole nitrogens is 1. The Morgan fingerprint density at radius 2 is 1.85 bits per heavy atom. The van der Waals surface area contributed by atoms with Crippen LogP contribution in [0.2, 0.25) is 5.02 Å². The van der Waals surface area contributed by atoms with Crippen LogP contribution in [0, 0.1) is 0 Å². The second-order valence-electron chi connectivity index (χ2n) is 11.2. The lowest BCUT2D eigenvalue weighted by atomic mass is 10.0. The number of aromatic nitrogens is 1. The highest BCUT2D eigenvalue weighted by Crippen LogP contribution is 2.24. The maximum Gasteiger partial charge on any atom is 0.293 e. The highest BCUT2D eigenvalue weighted by atomic mass is 35.5. The Bertz CT molecular complexity index is 1060. The van der Waals surface area contributed by atoms with Gasteiger partial charge in [0.05, 0.1) is 5.02 Å². The number of aromatic amines is 1. The molecule has 1 atom stereocenters. The third-order valence-electron chi connectivity index (χ3n) is 7.02. The Hall–Kier alpha value is -2.62. The minimum absolute atomic E-state index is 0.0649. The monoisotopic (exact) mass is 577 g/mol. The van der Waals surface area contributed by atoms with Crippen molar-refractivity contribution in [2.45, 2.75) is 90.3 Å². The summed E-state index contributed by atoms with van der Waals surface area (Å²) in [5.41, 5.74) is 6.15. The minimum atomic E-state index is -0.319. The van der Waals surface area contributed by atoms with Gasteiger partial charge in [-0.1, -0.05) is 30.5 Å². The van der Waals surface area contributed by atoms with E-state index >= 15 is 0 Å². The number of hydrogen-bond donors (Lipinski definition) is 3. The molecule has 0 spiro atoms. The Labute approximate surface area is 244 Å². The number of carbonyl (C=O) groups is 3. The molecule has 9 nitrogen and oxygen atoms in total. The quantitative estimate of drug-likeness (QED) is 0.280. The van der Waals surface area contributed by atoms with E-state index < -0.39 is 0 Å². The number of piperidine rings is 1. The van der Waals surface area contributed by atoms with Crippen LogP contribution in [0.25, 0.3) is 10.9 Å². The number of ether oxygens (including phenoxy) is 1. The first-order valence-electron chi connectivity index (χ1n) is 14.4. The highest BCUT2D eigenvalue weighted by Gasteiger charge is 2.36. The normalized spacial score (nSPS) is 17.1. The van der Waals surface area contributed by atoms with E-state index in [2.05, 4.69) is 25.7 Å². The molecule has 10 heteroatoms. The number of hydrogen-bond acceptors (Lipinski definition) is 6. The number of nitrogens with one attached hydrogen (secondary N) is 2. The Kier molecular flexibility index (Phi) is 14.5. The SMILES string of the molecule is CC(C)(C)OC=O.CN.O=C(NCc1ccc2[nH]cc(Cl)c2c1)C1CCN1C(=O)CCCCCN1CCCCC1. The predicted octanol–water partition coefficient (Wildman–Crippen LogP) is 4.62. The molecule has 0 aliphatic carbocycles. The van der Waals surface area contributed by atoms with Gasteiger partial charge in [-0.15, -0.1) is 0 Å². The molecule has 3 heterocycles. The average molecular weight is 578 g/mol. The van der Waals surface area contributed by atoms with Crippen LogP contribution < -0.4 is 11.1 Å². The Morgan fingerprint density at radius 1 is 1.12 bits per heavy atom. The Morgan fingerprint density at radius 3 is 2.45 bits per heavy atom. The number of likely N-dealkylation sites (tertiary alicyclic amines) is 2. The summed E-state index contributed by atoms with van der Waals surface area (Å²) in [5, 5.41) is 4.61. The molecule has 2 amide bonds. The van der Waals surface area contributed by atoms with Crippen LogP contribution in [-0.4, -0.2) is 77.9 Å². The molecule has 4 N–H and O–H groups in total. The van der Waals surface area contributed by atoms with Gasteiger partial charge in [-0.2, -0.15) is 0 Å². The molecule has 0 bridgehead atoms. The van der Waals surface area contributed by atoms with Gasteiger partial charge in [-0.05, 0) is 97.3 Å². The zero-order valence-corrected chi connectivity index (χ0v) is 25.4. The molecule has 40 heavy (non-hydrogen) atoms. The zero-order chi connectivity index (χ0) is 29.5. The number of carbonyl (C=O) groups excluding carboxylic acids is 3. The fraction of sp³-hybridized carbons (Fsp3) is 0.633. The topological polar surface area (TPSA) is 121 Å². The molecule has 0 radical (unpaired) electrons. The van der Waals surface area contributed by atoms with Gasteiger partial charge >= 0.3 is 0 Å². The van der Waals surface area contributed by atoms with Crippen molar-refractivity contribution in [3.05, 3.63) is 35.0 Å². The zero-order valence-electron chi connectivity index (χ0n) is 24.6. The summed E-state index contributed by atoms with van der Waals surface area (Å²) in [5.74, 6) is 0.0508. The van der Waals surface area contributed by atoms with E-state index in [0.29, 0.717) is 31.0 Å². The maximum absolute atomic E-state index is 12.6. The molecule has 1 aromatic heterocycles. The van der Waals surface area contributed by atoms with E-state index in [-0.39, 0.29) is 23.5 Å². The molecule has 1 aromatic carbocycles. The number of rotatable bonds is 10. The van der Waals surface area contributed by atoms with E-state index in [1.165, 1.54) is 39.4 Å². The number of halogens is 1. The number of nitrogens with zero attached hydrogens (tertiary/aromatic N) is 2. The Balaban J connectivity index is 0.000000545. The van der Waals surface area contributed by atoms with Crippen LogP contribution in [0.1, 0.15) is 77.7 Å². The van der Waals surface area contributed by atoms with Crippen molar-refractivity contribution in [1.29, 1.82) is 0 Å². The molecule has 0 saturated carbocycles. The summed E-state index contributed by atoms with van der Waals surface area (Å²) in [7, 11) is 1.50. The summed E-state index contributed by atoms with van der Waals surface area (Å²) in [6.07, 6.45) is 10.2. The molecule has 2 aromatic rings. The lowest BCUT2D eigenvalue weighted by molar-refractivity contribution is -0.147. The van der Waals surface area contributed by atoms with Crippen molar-refractivity contribution in [3.63, 3.8) is 0 Å². The van der Waals surface area contributed by atoms with Gasteiger partial charge in [0, 0.05) is 36.6 Å². The van der Waals surface area contributed by atoms with Crippen LogP contribution in [-0.2, 0) is 25.7 Å². The third-order valence-corrected chi connectivity index (χ3v) is 7.33. The van der Waals surface area contributed by atoms with E-state index in [4.69, 9.17) is 11.6 Å². The van der Waals surface area contributed by atoms with Crippen LogP contribution >= 0.6 is 11.6 Å². The van der Waals surface area contributed by atoms with Crippen molar-refractivity contribution in [1.82, 2.24) is 20.1 Å². The molecule has 2 aliphatic heterocycles. The second kappa shape index (κ2) is 17.3. The van der Waals surface area contributed by atoms with Gasteiger partial charge in [0.2, 0.25) is 11.8 Å². The van der Waals surface area contributed by atoms with Crippen LogP contribution in [0.3, 0.4) is 0 Å². The number of benzene rings is 1. The van der Waals surface area contributed by atoms with E-state index in [9.17, 15) is 14.4 Å². The van der Waals surface area contributed by atoms with Crippen LogP contribution in [0.5, 0.6) is 0 Å². The standard InChI is InChI=1S/C24H33ClN4O2.C5H10O2.CH5N/c25-20-17-26-21-9-8-18(15-19(20)21)16-27-24(31)22-10-14-29(22)23(30)7-3-1-4-11-28-12-5-2-6-13-28;1-5(2,3)7-4-6;1-2/h8-9,15,17,22,26H,1-7,10-14,16H2,(H,27,31);4H,1-3H3;2H2,1H3. The van der Waals surface area contributed by atoms with Crippen LogP contribution in [0.4, 0.5) is 0 Å². The van der Waals surface area contributed by atoms with Gasteiger partial charge in [-0.3, -0.25) is 14.4 Å². The molecule has 4 rings (SSSR count). The molecule has 1 unspecified atom stereocenters. The lowest BCUT2D eigenvalue weighted by Crippen LogP contribution is -2.58. The van der Waals surface area contributed by atoms with Gasteiger partial charge in [0.15, 0.2) is 0 Å². The second-order valence-corrected chi connectivity index (χ2v) is 11.6. The lowest BCUT2D eigenvalue weighted by Gasteiger charge is -2.39. The molecule has 2 fully saturated rings. The summed E-state index contributed by atoms with van der Waals surface area (Å²) >= 11 is 6.18. The maximum atomic E-state index is 12.6. The molecule has 2 saturated heterocycles. The van der Waals surface area contributed by atoms with Crippen LogP contribution in [0.15, 0.2) is 24.4 Å². The molecular formula is C30H48ClN5O4. The molecule has 2 aliphatic rings. The summed E-state index contributed by atoms with van der Waals surface area (Å²) in [4.78, 5) is 42.1. The largest absolute Gasteiger partial charge is 0.462 e. The van der Waals surface area contributed by atoms with Crippen molar-refractivity contribution in [2.24, 2.45) is 5.73 Å². The number of unbranched alkanes of at least 4 members (excludes halogenated alkanes) is 2. The fourth-order valence-corrected chi connectivity index (χ4v) is 4.98. The first-order valence-corrected chi connectivity index (χ1v) is 14.8. The fourth-order valence-electron chi connectivity index (χ4n) is 4.77. The first-order chi connectivity index (χ1) is 19.2. The number of fused-ring (bicyclic) bond motifs is 1. The van der Waals surface area contributed by atoms with E-state index in [1.807, 2.05) is 39.0 Å².